The zero-order chi connectivity index (χ0) is 23.9. The zero-order valence-electron chi connectivity index (χ0n) is 19.3. The summed E-state index contributed by atoms with van der Waals surface area (Å²) in [4.78, 5) is 40.3. The molecule has 0 bridgehead atoms. The van der Waals surface area contributed by atoms with Gasteiger partial charge in [0.15, 0.2) is 0 Å². The van der Waals surface area contributed by atoms with Gasteiger partial charge >= 0.3 is 0 Å². The molecule has 0 radical (unpaired) electrons. The molecule has 0 saturated carbocycles. The lowest BCUT2D eigenvalue weighted by molar-refractivity contribution is -0.126. The average molecular weight is 456 g/mol. The molecule has 3 amide bonds. The number of nitrogens with one attached hydrogen (secondary N) is 2. The normalized spacial score (nSPS) is 15.4. The van der Waals surface area contributed by atoms with Crippen LogP contribution in [0.15, 0.2) is 78.9 Å². The Hall–Kier alpha value is -3.93. The predicted octanol–water partition coefficient (Wildman–Crippen LogP) is 4.42. The van der Waals surface area contributed by atoms with Crippen molar-refractivity contribution in [2.45, 2.75) is 26.3 Å². The number of amides is 3. The predicted molar refractivity (Wildman–Crippen MR) is 132 cm³/mol. The molecule has 1 atom stereocenters. The van der Waals surface area contributed by atoms with Crippen molar-refractivity contribution < 1.29 is 14.4 Å². The first-order valence-corrected chi connectivity index (χ1v) is 11.6. The third kappa shape index (κ3) is 5.70. The van der Waals surface area contributed by atoms with Crippen LogP contribution in [0.4, 0.5) is 5.69 Å². The molecule has 1 heterocycles. The standard InChI is InChI=1S/C28H29N3O3/c1-20-9-5-6-15-25(20)27(33)30-24-14-7-12-22(17-24)28(34)31-16-8-13-23(19-31)26(32)29-18-21-10-3-2-4-11-21/h2-7,9-12,14-15,17,23H,8,13,16,18-19H2,1H3,(H,29,32)(H,30,33). The van der Waals surface area contributed by atoms with Crippen LogP contribution >= 0.6 is 0 Å². The fourth-order valence-corrected chi connectivity index (χ4v) is 4.24. The van der Waals surface area contributed by atoms with Crippen molar-refractivity contribution in [3.05, 3.63) is 101 Å². The largest absolute Gasteiger partial charge is 0.352 e. The number of aryl methyl sites for hydroxylation is 1. The number of anilines is 1. The molecular weight excluding hydrogens is 426 g/mol. The topological polar surface area (TPSA) is 78.5 Å². The van der Waals surface area contributed by atoms with Crippen LogP contribution < -0.4 is 10.6 Å². The Morgan fingerprint density at radius 2 is 1.71 bits per heavy atom. The van der Waals surface area contributed by atoms with Crippen LogP contribution in [0.3, 0.4) is 0 Å². The molecule has 3 aromatic carbocycles. The molecule has 1 aliphatic heterocycles. The van der Waals surface area contributed by atoms with Crippen molar-refractivity contribution in [2.75, 3.05) is 18.4 Å². The Morgan fingerprint density at radius 3 is 2.50 bits per heavy atom. The van der Waals surface area contributed by atoms with Crippen molar-refractivity contribution in [1.82, 2.24) is 10.2 Å². The highest BCUT2D eigenvalue weighted by atomic mass is 16.2. The van der Waals surface area contributed by atoms with Crippen LogP contribution in [0.5, 0.6) is 0 Å². The lowest BCUT2D eigenvalue weighted by Crippen LogP contribution is -2.45. The van der Waals surface area contributed by atoms with E-state index in [-0.39, 0.29) is 23.6 Å². The molecular formula is C28H29N3O3. The average Bonchev–Trinajstić information content (AvgIpc) is 2.88. The number of carbonyl (C=O) groups excluding carboxylic acids is 3. The Morgan fingerprint density at radius 1 is 0.941 bits per heavy atom. The number of benzene rings is 3. The number of piperidine rings is 1. The van der Waals surface area contributed by atoms with Crippen molar-refractivity contribution in [2.24, 2.45) is 5.92 Å². The molecule has 1 saturated heterocycles. The monoisotopic (exact) mass is 455 g/mol. The van der Waals surface area contributed by atoms with Gasteiger partial charge in [-0.3, -0.25) is 14.4 Å². The summed E-state index contributed by atoms with van der Waals surface area (Å²) in [7, 11) is 0. The fraction of sp³-hybridized carbons (Fsp3) is 0.250. The molecule has 1 fully saturated rings. The van der Waals surface area contributed by atoms with Gasteiger partial charge in [-0.25, -0.2) is 0 Å². The second-order valence-electron chi connectivity index (χ2n) is 8.64. The molecule has 0 spiro atoms. The SMILES string of the molecule is Cc1ccccc1C(=O)Nc1cccc(C(=O)N2CCCC(C(=O)NCc3ccccc3)C2)c1. The van der Waals surface area contributed by atoms with Gasteiger partial charge < -0.3 is 15.5 Å². The second kappa shape index (κ2) is 10.8. The maximum absolute atomic E-state index is 13.2. The quantitative estimate of drug-likeness (QED) is 0.578. The lowest BCUT2D eigenvalue weighted by atomic mass is 9.96. The van der Waals surface area contributed by atoms with Gasteiger partial charge in [0, 0.05) is 36.4 Å². The lowest BCUT2D eigenvalue weighted by Gasteiger charge is -2.32. The fourth-order valence-electron chi connectivity index (χ4n) is 4.24. The highest BCUT2D eigenvalue weighted by Gasteiger charge is 2.29. The van der Waals surface area contributed by atoms with E-state index in [1.807, 2.05) is 55.5 Å². The molecule has 4 rings (SSSR count). The van der Waals surface area contributed by atoms with Crippen molar-refractivity contribution in [3.63, 3.8) is 0 Å². The molecule has 2 N–H and O–H groups in total. The molecule has 1 aliphatic rings. The van der Waals surface area contributed by atoms with E-state index in [2.05, 4.69) is 10.6 Å². The summed E-state index contributed by atoms with van der Waals surface area (Å²) >= 11 is 0. The molecule has 6 nitrogen and oxygen atoms in total. The maximum atomic E-state index is 13.2. The number of hydrogen-bond donors (Lipinski definition) is 2. The first kappa shape index (κ1) is 23.2. The third-order valence-electron chi connectivity index (χ3n) is 6.15. The van der Waals surface area contributed by atoms with Crippen molar-refractivity contribution in [1.29, 1.82) is 0 Å². The molecule has 34 heavy (non-hydrogen) atoms. The van der Waals surface area contributed by atoms with E-state index >= 15 is 0 Å². The number of carbonyl (C=O) groups is 3. The zero-order valence-corrected chi connectivity index (χ0v) is 19.3. The molecule has 0 aliphatic carbocycles. The van der Waals surface area contributed by atoms with Crippen molar-refractivity contribution >= 4 is 23.4 Å². The molecule has 3 aromatic rings. The van der Waals surface area contributed by atoms with Crippen LogP contribution in [0.25, 0.3) is 0 Å². The van der Waals surface area contributed by atoms with Gasteiger partial charge in [0.25, 0.3) is 11.8 Å². The summed E-state index contributed by atoms with van der Waals surface area (Å²) in [5.74, 6) is -0.602. The Bertz CT molecular complexity index is 1180. The minimum Gasteiger partial charge on any atom is -0.352 e. The number of likely N-dealkylation sites (tertiary alicyclic amines) is 1. The Kier molecular flexibility index (Phi) is 7.38. The van der Waals surface area contributed by atoms with Crippen LogP contribution in [0, 0.1) is 12.8 Å². The Balaban J connectivity index is 1.38. The molecule has 174 valence electrons. The van der Waals surface area contributed by atoms with Gasteiger partial charge in [0.05, 0.1) is 5.92 Å². The van der Waals surface area contributed by atoms with Gasteiger partial charge in [-0.2, -0.15) is 0 Å². The summed E-state index contributed by atoms with van der Waals surface area (Å²) in [5.41, 5.74) is 3.59. The number of nitrogens with zero attached hydrogens (tertiary/aromatic N) is 1. The first-order valence-electron chi connectivity index (χ1n) is 11.6. The number of rotatable bonds is 6. The van der Waals surface area contributed by atoms with Gasteiger partial charge in [-0.15, -0.1) is 0 Å². The van der Waals surface area contributed by atoms with E-state index in [0.29, 0.717) is 36.4 Å². The first-order chi connectivity index (χ1) is 16.5. The van der Waals surface area contributed by atoms with Crippen LogP contribution in [0.2, 0.25) is 0 Å². The van der Waals surface area contributed by atoms with E-state index in [0.717, 1.165) is 24.0 Å². The summed E-state index contributed by atoms with van der Waals surface area (Å²) in [6, 6.07) is 24.1. The van der Waals surface area contributed by atoms with E-state index in [4.69, 9.17) is 0 Å². The smallest absolute Gasteiger partial charge is 0.255 e. The summed E-state index contributed by atoms with van der Waals surface area (Å²) in [6.07, 6.45) is 1.54. The highest BCUT2D eigenvalue weighted by Crippen LogP contribution is 2.21. The highest BCUT2D eigenvalue weighted by molar-refractivity contribution is 6.06. The van der Waals surface area contributed by atoms with Gasteiger partial charge in [0.2, 0.25) is 5.91 Å². The van der Waals surface area contributed by atoms with E-state index in [1.165, 1.54) is 0 Å². The number of hydrogen-bond acceptors (Lipinski definition) is 3. The van der Waals surface area contributed by atoms with Gasteiger partial charge in [-0.1, -0.05) is 54.6 Å². The summed E-state index contributed by atoms with van der Waals surface area (Å²) in [5, 5.41) is 5.88. The van der Waals surface area contributed by atoms with Crippen LogP contribution in [-0.4, -0.2) is 35.7 Å². The molecule has 1 unspecified atom stereocenters. The second-order valence-corrected chi connectivity index (χ2v) is 8.64. The third-order valence-corrected chi connectivity index (χ3v) is 6.15. The molecule has 6 heteroatoms. The van der Waals surface area contributed by atoms with E-state index < -0.39 is 0 Å². The minimum absolute atomic E-state index is 0.0272. The van der Waals surface area contributed by atoms with Crippen molar-refractivity contribution in [3.8, 4) is 0 Å². The van der Waals surface area contributed by atoms with Crippen LogP contribution in [-0.2, 0) is 11.3 Å². The van der Waals surface area contributed by atoms with Crippen LogP contribution in [0.1, 0.15) is 44.7 Å². The summed E-state index contributed by atoms with van der Waals surface area (Å²) < 4.78 is 0. The minimum atomic E-state index is -0.231. The van der Waals surface area contributed by atoms with E-state index in [9.17, 15) is 14.4 Å². The maximum Gasteiger partial charge on any atom is 0.255 e. The van der Waals surface area contributed by atoms with E-state index in [1.54, 1.807) is 35.2 Å². The van der Waals surface area contributed by atoms with Gasteiger partial charge in [-0.05, 0) is 55.2 Å². The molecule has 0 aromatic heterocycles. The van der Waals surface area contributed by atoms with Gasteiger partial charge in [0.1, 0.15) is 0 Å². The Labute approximate surface area is 200 Å². The summed E-state index contributed by atoms with van der Waals surface area (Å²) in [6.45, 7) is 3.37.